The highest BCUT2D eigenvalue weighted by molar-refractivity contribution is 6.30. The summed E-state index contributed by atoms with van der Waals surface area (Å²) in [6, 6.07) is 10.6. The van der Waals surface area contributed by atoms with Crippen LogP contribution in [0.15, 0.2) is 48.8 Å². The van der Waals surface area contributed by atoms with Crippen molar-refractivity contribution in [2.24, 2.45) is 0 Å². The SMILES string of the molecule is COc1ccc(OC)c(Nc2ncc(C(=O)Nc3ccc(Cl)cc3C)cn2)c1. The number of aryl methyl sites for hydroxylation is 1. The topological polar surface area (TPSA) is 85.4 Å². The molecule has 3 aromatic rings. The largest absolute Gasteiger partial charge is 0.497 e. The van der Waals surface area contributed by atoms with Crippen LogP contribution in [-0.4, -0.2) is 30.1 Å². The zero-order valence-corrected chi connectivity index (χ0v) is 16.4. The van der Waals surface area contributed by atoms with E-state index in [1.807, 2.05) is 6.92 Å². The quantitative estimate of drug-likeness (QED) is 0.638. The fourth-order valence-corrected chi connectivity index (χ4v) is 2.73. The number of halogens is 1. The predicted octanol–water partition coefficient (Wildman–Crippen LogP) is 4.45. The Labute approximate surface area is 167 Å². The highest BCUT2D eigenvalue weighted by Crippen LogP contribution is 2.30. The summed E-state index contributed by atoms with van der Waals surface area (Å²) < 4.78 is 10.5. The maximum absolute atomic E-state index is 12.4. The molecule has 28 heavy (non-hydrogen) atoms. The number of amides is 1. The number of rotatable bonds is 6. The molecule has 0 spiro atoms. The monoisotopic (exact) mass is 398 g/mol. The molecular weight excluding hydrogens is 380 g/mol. The van der Waals surface area contributed by atoms with E-state index in [4.69, 9.17) is 21.1 Å². The van der Waals surface area contributed by atoms with Gasteiger partial charge in [0.2, 0.25) is 5.95 Å². The van der Waals surface area contributed by atoms with Crippen molar-refractivity contribution in [1.82, 2.24) is 9.97 Å². The van der Waals surface area contributed by atoms with Crippen LogP contribution in [0.2, 0.25) is 5.02 Å². The van der Waals surface area contributed by atoms with Crippen LogP contribution in [0.3, 0.4) is 0 Å². The Morgan fingerprint density at radius 3 is 2.39 bits per heavy atom. The molecule has 3 rings (SSSR count). The molecule has 2 N–H and O–H groups in total. The van der Waals surface area contributed by atoms with E-state index < -0.39 is 0 Å². The molecule has 0 aliphatic carbocycles. The first-order valence-corrected chi connectivity index (χ1v) is 8.76. The van der Waals surface area contributed by atoms with Crippen molar-refractivity contribution in [3.8, 4) is 11.5 Å². The lowest BCUT2D eigenvalue weighted by molar-refractivity contribution is 0.102. The molecule has 7 nitrogen and oxygen atoms in total. The Kier molecular flexibility index (Phi) is 5.96. The lowest BCUT2D eigenvalue weighted by atomic mass is 10.2. The Morgan fingerprint density at radius 2 is 1.75 bits per heavy atom. The molecule has 1 aromatic heterocycles. The standard InChI is InChI=1S/C20H19ClN4O3/c1-12-8-14(21)4-6-16(12)24-19(26)13-10-22-20(23-11-13)25-17-9-15(27-2)5-7-18(17)28-3/h4-11H,1-3H3,(H,24,26)(H,22,23,25). The van der Waals surface area contributed by atoms with Crippen LogP contribution < -0.4 is 20.1 Å². The molecule has 0 radical (unpaired) electrons. The Balaban J connectivity index is 1.74. The molecule has 0 saturated heterocycles. The molecule has 0 aliphatic rings. The van der Waals surface area contributed by atoms with Crippen LogP contribution in [0.5, 0.6) is 11.5 Å². The van der Waals surface area contributed by atoms with Gasteiger partial charge in [-0.3, -0.25) is 4.79 Å². The number of carbonyl (C=O) groups excluding carboxylic acids is 1. The van der Waals surface area contributed by atoms with Crippen molar-refractivity contribution in [3.63, 3.8) is 0 Å². The molecule has 0 unspecified atom stereocenters. The number of anilines is 3. The van der Waals surface area contributed by atoms with E-state index in [2.05, 4.69) is 20.6 Å². The maximum Gasteiger partial charge on any atom is 0.258 e. The number of benzene rings is 2. The summed E-state index contributed by atoms with van der Waals surface area (Å²) in [6.45, 7) is 1.87. The summed E-state index contributed by atoms with van der Waals surface area (Å²) in [5, 5.41) is 6.49. The zero-order chi connectivity index (χ0) is 20.1. The molecule has 144 valence electrons. The molecular formula is C20H19ClN4O3. The smallest absolute Gasteiger partial charge is 0.258 e. The van der Waals surface area contributed by atoms with Gasteiger partial charge in [-0.05, 0) is 42.8 Å². The second kappa shape index (κ2) is 8.58. The summed E-state index contributed by atoms with van der Waals surface area (Å²) in [7, 11) is 3.15. The Morgan fingerprint density at radius 1 is 1.00 bits per heavy atom. The fourth-order valence-electron chi connectivity index (χ4n) is 2.50. The van der Waals surface area contributed by atoms with Gasteiger partial charge in [-0.1, -0.05) is 11.6 Å². The number of carbonyl (C=O) groups is 1. The minimum atomic E-state index is -0.309. The van der Waals surface area contributed by atoms with Crippen LogP contribution in [-0.2, 0) is 0 Å². The highest BCUT2D eigenvalue weighted by atomic mass is 35.5. The van der Waals surface area contributed by atoms with Gasteiger partial charge in [0.25, 0.3) is 5.91 Å². The summed E-state index contributed by atoms with van der Waals surface area (Å²) in [4.78, 5) is 20.8. The van der Waals surface area contributed by atoms with Crippen molar-refractivity contribution in [2.45, 2.75) is 6.92 Å². The Bertz CT molecular complexity index is 993. The van der Waals surface area contributed by atoms with Gasteiger partial charge >= 0.3 is 0 Å². The third-order valence-electron chi connectivity index (χ3n) is 4.00. The number of ether oxygens (including phenoxy) is 2. The molecule has 0 aliphatic heterocycles. The number of nitrogens with one attached hydrogen (secondary N) is 2. The second-order valence-electron chi connectivity index (χ2n) is 5.90. The van der Waals surface area contributed by atoms with Gasteiger partial charge in [0.05, 0.1) is 25.5 Å². The van der Waals surface area contributed by atoms with Gasteiger partial charge in [-0.15, -0.1) is 0 Å². The van der Waals surface area contributed by atoms with E-state index in [-0.39, 0.29) is 5.91 Å². The number of hydrogen-bond donors (Lipinski definition) is 2. The minimum absolute atomic E-state index is 0.309. The van der Waals surface area contributed by atoms with Crippen molar-refractivity contribution < 1.29 is 14.3 Å². The van der Waals surface area contributed by atoms with Crippen molar-refractivity contribution in [2.75, 3.05) is 24.9 Å². The van der Waals surface area contributed by atoms with Crippen LogP contribution in [0, 0.1) is 6.92 Å². The van der Waals surface area contributed by atoms with Crippen molar-refractivity contribution in [3.05, 3.63) is 64.9 Å². The van der Waals surface area contributed by atoms with E-state index in [0.29, 0.717) is 39.4 Å². The average molecular weight is 399 g/mol. The molecule has 0 atom stereocenters. The average Bonchev–Trinajstić information content (AvgIpc) is 2.70. The van der Waals surface area contributed by atoms with Gasteiger partial charge in [-0.2, -0.15) is 0 Å². The van der Waals surface area contributed by atoms with Gasteiger partial charge in [0, 0.05) is 29.2 Å². The third-order valence-corrected chi connectivity index (χ3v) is 4.24. The summed E-state index contributed by atoms with van der Waals surface area (Å²) in [5.41, 5.74) is 2.52. The summed E-state index contributed by atoms with van der Waals surface area (Å²) in [5.74, 6) is 1.30. The molecule has 0 fully saturated rings. The first-order valence-electron chi connectivity index (χ1n) is 8.38. The Hall–Kier alpha value is -3.32. The highest BCUT2D eigenvalue weighted by Gasteiger charge is 2.11. The normalized spacial score (nSPS) is 10.3. The second-order valence-corrected chi connectivity index (χ2v) is 6.34. The van der Waals surface area contributed by atoms with Crippen molar-refractivity contribution >= 4 is 34.8 Å². The molecule has 0 bridgehead atoms. The van der Waals surface area contributed by atoms with E-state index in [0.717, 1.165) is 5.56 Å². The molecule has 1 amide bonds. The van der Waals surface area contributed by atoms with Crippen LogP contribution in [0.1, 0.15) is 15.9 Å². The van der Waals surface area contributed by atoms with Gasteiger partial charge < -0.3 is 20.1 Å². The molecule has 2 aromatic carbocycles. The number of nitrogens with zero attached hydrogens (tertiary/aromatic N) is 2. The summed E-state index contributed by atoms with van der Waals surface area (Å²) in [6.07, 6.45) is 2.89. The number of aromatic nitrogens is 2. The van der Waals surface area contributed by atoms with Gasteiger partial charge in [0.1, 0.15) is 11.5 Å². The van der Waals surface area contributed by atoms with E-state index in [9.17, 15) is 4.79 Å². The summed E-state index contributed by atoms with van der Waals surface area (Å²) >= 11 is 5.94. The fraction of sp³-hybridized carbons (Fsp3) is 0.150. The lowest BCUT2D eigenvalue weighted by Gasteiger charge is -2.12. The van der Waals surface area contributed by atoms with Crippen LogP contribution in [0.4, 0.5) is 17.3 Å². The molecule has 0 saturated carbocycles. The number of hydrogen-bond acceptors (Lipinski definition) is 6. The van der Waals surface area contributed by atoms with Crippen LogP contribution in [0.25, 0.3) is 0 Å². The van der Waals surface area contributed by atoms with E-state index in [1.54, 1.807) is 50.6 Å². The first-order chi connectivity index (χ1) is 13.5. The van der Waals surface area contributed by atoms with Gasteiger partial charge in [-0.25, -0.2) is 9.97 Å². The maximum atomic E-state index is 12.4. The molecule has 8 heteroatoms. The zero-order valence-electron chi connectivity index (χ0n) is 15.6. The number of methoxy groups -OCH3 is 2. The first kappa shape index (κ1) is 19.4. The third kappa shape index (κ3) is 4.50. The lowest BCUT2D eigenvalue weighted by Crippen LogP contribution is -2.14. The van der Waals surface area contributed by atoms with Crippen molar-refractivity contribution in [1.29, 1.82) is 0 Å². The predicted molar refractivity (Wildman–Crippen MR) is 109 cm³/mol. The molecule has 1 heterocycles. The van der Waals surface area contributed by atoms with Crippen LogP contribution >= 0.6 is 11.6 Å². The van der Waals surface area contributed by atoms with Gasteiger partial charge in [0.15, 0.2) is 0 Å². The van der Waals surface area contributed by atoms with E-state index in [1.165, 1.54) is 12.4 Å². The minimum Gasteiger partial charge on any atom is -0.497 e. The van der Waals surface area contributed by atoms with E-state index >= 15 is 0 Å².